The number of terminal acetylenes is 1. The number of aryl methyl sites for hydroxylation is 1. The third kappa shape index (κ3) is 4.45. The van der Waals surface area contributed by atoms with Crippen molar-refractivity contribution in [2.75, 3.05) is 13.1 Å². The average Bonchev–Trinajstić information content (AvgIpc) is 2.92. The van der Waals surface area contributed by atoms with E-state index in [1.165, 1.54) is 6.20 Å². The molecule has 0 spiro atoms. The summed E-state index contributed by atoms with van der Waals surface area (Å²) >= 11 is 0. The van der Waals surface area contributed by atoms with Crippen LogP contribution in [0.3, 0.4) is 0 Å². The Morgan fingerprint density at radius 1 is 1.26 bits per heavy atom. The Morgan fingerprint density at radius 2 is 2.00 bits per heavy atom. The number of nitrogens with one attached hydrogen (secondary N) is 2. The second-order valence-electron chi connectivity index (χ2n) is 4.95. The zero-order valence-corrected chi connectivity index (χ0v) is 12.9. The second-order valence-corrected chi connectivity index (χ2v) is 4.95. The van der Waals surface area contributed by atoms with Crippen LogP contribution in [0.1, 0.15) is 21.6 Å². The highest BCUT2D eigenvalue weighted by atomic mass is 16.2. The average molecular weight is 310 g/mol. The Labute approximate surface area is 134 Å². The maximum Gasteiger partial charge on any atom is 0.255 e. The molecule has 2 N–H and O–H groups in total. The molecule has 2 amide bonds. The topological polar surface area (TPSA) is 76.0 Å². The number of amides is 2. The largest absolute Gasteiger partial charge is 0.344 e. The molecule has 6 heteroatoms. The van der Waals surface area contributed by atoms with E-state index in [0.717, 1.165) is 11.3 Å². The summed E-state index contributed by atoms with van der Waals surface area (Å²) in [7, 11) is 1.79. The van der Waals surface area contributed by atoms with E-state index in [1.54, 1.807) is 11.7 Å². The molecule has 0 atom stereocenters. The normalized spacial score (nSPS) is 9.91. The predicted octanol–water partition coefficient (Wildman–Crippen LogP) is 0.490. The van der Waals surface area contributed by atoms with Crippen LogP contribution in [0.5, 0.6) is 0 Å². The molecule has 23 heavy (non-hydrogen) atoms. The first kappa shape index (κ1) is 16.3. The summed E-state index contributed by atoms with van der Waals surface area (Å²) in [6.07, 6.45) is 7.15. The Bertz CT molecular complexity index is 729. The molecule has 6 nitrogen and oxygen atoms in total. The van der Waals surface area contributed by atoms with Gasteiger partial charge in [-0.05, 0) is 5.56 Å². The van der Waals surface area contributed by atoms with Gasteiger partial charge in [0.25, 0.3) is 5.91 Å². The minimum atomic E-state index is -0.333. The monoisotopic (exact) mass is 310 g/mol. The number of rotatable bonds is 6. The summed E-state index contributed by atoms with van der Waals surface area (Å²) in [5.74, 6) is 1.64. The van der Waals surface area contributed by atoms with Crippen LogP contribution in [0, 0.1) is 12.3 Å². The molecule has 0 bridgehead atoms. The smallest absolute Gasteiger partial charge is 0.255 e. The summed E-state index contributed by atoms with van der Waals surface area (Å²) in [5.41, 5.74) is 2.33. The maximum atomic E-state index is 12.3. The van der Waals surface area contributed by atoms with Crippen LogP contribution in [0.15, 0.2) is 36.5 Å². The van der Waals surface area contributed by atoms with Gasteiger partial charge in [-0.1, -0.05) is 36.3 Å². The molecule has 118 valence electrons. The van der Waals surface area contributed by atoms with Crippen LogP contribution in [0.2, 0.25) is 0 Å². The highest BCUT2D eigenvalue weighted by Gasteiger charge is 2.16. The molecule has 0 aliphatic carbocycles. The first-order chi connectivity index (χ1) is 11.1. The van der Waals surface area contributed by atoms with Crippen molar-refractivity contribution >= 4 is 11.8 Å². The maximum absolute atomic E-state index is 12.3. The SMILES string of the molecule is C#CCNC(=O)CNC(=O)c1cnn(C)c1Cc1ccccc1. The van der Waals surface area contributed by atoms with E-state index in [9.17, 15) is 9.59 Å². The number of aromatic nitrogens is 2. The number of carbonyl (C=O) groups excluding carboxylic acids is 2. The highest BCUT2D eigenvalue weighted by Crippen LogP contribution is 2.13. The summed E-state index contributed by atoms with van der Waals surface area (Å²) < 4.78 is 1.67. The van der Waals surface area contributed by atoms with E-state index < -0.39 is 0 Å². The molecule has 1 aromatic heterocycles. The van der Waals surface area contributed by atoms with Gasteiger partial charge in [0.1, 0.15) is 0 Å². The molecular formula is C17H18N4O2. The fraction of sp³-hybridized carbons (Fsp3) is 0.235. The molecule has 1 aromatic carbocycles. The Kier molecular flexibility index (Phi) is 5.53. The molecule has 1 heterocycles. The number of hydrogen-bond donors (Lipinski definition) is 2. The third-order valence-electron chi connectivity index (χ3n) is 3.32. The van der Waals surface area contributed by atoms with E-state index in [-0.39, 0.29) is 24.9 Å². The van der Waals surface area contributed by atoms with Gasteiger partial charge in [-0.2, -0.15) is 5.10 Å². The van der Waals surface area contributed by atoms with Crippen LogP contribution in [-0.2, 0) is 18.3 Å². The van der Waals surface area contributed by atoms with Gasteiger partial charge in [-0.3, -0.25) is 14.3 Å². The second kappa shape index (κ2) is 7.80. The highest BCUT2D eigenvalue weighted by molar-refractivity contribution is 5.97. The van der Waals surface area contributed by atoms with Crippen LogP contribution in [-0.4, -0.2) is 34.7 Å². The van der Waals surface area contributed by atoms with E-state index >= 15 is 0 Å². The molecule has 0 radical (unpaired) electrons. The number of carbonyl (C=O) groups is 2. The molecule has 0 saturated carbocycles. The summed E-state index contributed by atoms with van der Waals surface area (Å²) in [6.45, 7) is 0.0149. The van der Waals surface area contributed by atoms with E-state index in [1.807, 2.05) is 30.3 Å². The fourth-order valence-corrected chi connectivity index (χ4v) is 2.12. The molecule has 0 saturated heterocycles. The molecule has 0 aliphatic rings. The zero-order valence-electron chi connectivity index (χ0n) is 12.9. The Morgan fingerprint density at radius 3 is 2.70 bits per heavy atom. The van der Waals surface area contributed by atoms with Crippen LogP contribution in [0.25, 0.3) is 0 Å². The van der Waals surface area contributed by atoms with Gasteiger partial charge in [0.2, 0.25) is 5.91 Å². The van der Waals surface area contributed by atoms with Crippen molar-refractivity contribution in [2.24, 2.45) is 7.05 Å². The molecular weight excluding hydrogens is 292 g/mol. The standard InChI is InChI=1S/C17H18N4O2/c1-3-9-18-16(22)12-19-17(23)14-11-20-21(2)15(14)10-13-7-5-4-6-8-13/h1,4-8,11H,9-10,12H2,2H3,(H,18,22)(H,19,23). The lowest BCUT2D eigenvalue weighted by atomic mass is 10.1. The van der Waals surface area contributed by atoms with Gasteiger partial charge in [0.05, 0.1) is 30.5 Å². The van der Waals surface area contributed by atoms with Crippen molar-refractivity contribution in [1.82, 2.24) is 20.4 Å². The van der Waals surface area contributed by atoms with Gasteiger partial charge < -0.3 is 10.6 Å². The molecule has 2 aromatic rings. The van der Waals surface area contributed by atoms with Gasteiger partial charge in [0, 0.05) is 13.5 Å². The van der Waals surface area contributed by atoms with E-state index in [2.05, 4.69) is 21.7 Å². The minimum absolute atomic E-state index is 0.125. The van der Waals surface area contributed by atoms with Gasteiger partial charge in [-0.25, -0.2) is 0 Å². The van der Waals surface area contributed by atoms with Crippen molar-refractivity contribution in [1.29, 1.82) is 0 Å². The van der Waals surface area contributed by atoms with Gasteiger partial charge in [0.15, 0.2) is 0 Å². The lowest BCUT2D eigenvalue weighted by Gasteiger charge is -2.08. The molecule has 0 unspecified atom stereocenters. The predicted molar refractivity (Wildman–Crippen MR) is 86.6 cm³/mol. The fourth-order valence-electron chi connectivity index (χ4n) is 2.12. The van der Waals surface area contributed by atoms with E-state index in [0.29, 0.717) is 12.0 Å². The van der Waals surface area contributed by atoms with Crippen molar-refractivity contribution < 1.29 is 9.59 Å². The first-order valence-electron chi connectivity index (χ1n) is 7.15. The lowest BCUT2D eigenvalue weighted by Crippen LogP contribution is -2.37. The summed E-state index contributed by atoms with van der Waals surface area (Å²) in [6, 6.07) is 9.81. The molecule has 0 aliphatic heterocycles. The zero-order chi connectivity index (χ0) is 16.7. The number of benzene rings is 1. The van der Waals surface area contributed by atoms with Crippen molar-refractivity contribution in [3.8, 4) is 12.3 Å². The number of hydrogen-bond acceptors (Lipinski definition) is 3. The quantitative estimate of drug-likeness (QED) is 0.763. The third-order valence-corrected chi connectivity index (χ3v) is 3.32. The first-order valence-corrected chi connectivity index (χ1v) is 7.15. The van der Waals surface area contributed by atoms with E-state index in [4.69, 9.17) is 6.42 Å². The summed E-state index contributed by atoms with van der Waals surface area (Å²) in [4.78, 5) is 23.7. The van der Waals surface area contributed by atoms with Crippen LogP contribution >= 0.6 is 0 Å². The van der Waals surface area contributed by atoms with Gasteiger partial charge >= 0.3 is 0 Å². The van der Waals surface area contributed by atoms with Crippen molar-refractivity contribution in [2.45, 2.75) is 6.42 Å². The number of nitrogens with zero attached hydrogens (tertiary/aromatic N) is 2. The molecule has 0 fully saturated rings. The lowest BCUT2D eigenvalue weighted by molar-refractivity contribution is -0.119. The van der Waals surface area contributed by atoms with Crippen molar-refractivity contribution in [3.05, 3.63) is 53.3 Å². The van der Waals surface area contributed by atoms with Crippen molar-refractivity contribution in [3.63, 3.8) is 0 Å². The van der Waals surface area contributed by atoms with Gasteiger partial charge in [-0.15, -0.1) is 6.42 Å². The van der Waals surface area contributed by atoms with Crippen LogP contribution < -0.4 is 10.6 Å². The molecule has 2 rings (SSSR count). The van der Waals surface area contributed by atoms with Crippen LogP contribution in [0.4, 0.5) is 0 Å². The Balaban J connectivity index is 2.04. The summed E-state index contributed by atoms with van der Waals surface area (Å²) in [5, 5.41) is 9.20. The minimum Gasteiger partial charge on any atom is -0.344 e. The Hall–Kier alpha value is -3.07.